The molecule has 1 N–H and O–H groups in total. The molecular weight excluding hydrogens is 329 g/mol. The molecule has 0 aliphatic rings. The molecule has 0 aliphatic carbocycles. The van der Waals surface area contributed by atoms with E-state index in [4.69, 9.17) is 0 Å². The van der Waals surface area contributed by atoms with Gasteiger partial charge in [0.1, 0.15) is 5.82 Å². The second kappa shape index (κ2) is 8.63. The maximum atomic E-state index is 13.6. The summed E-state index contributed by atoms with van der Waals surface area (Å²) in [5.74, 6) is -0.332. The number of nitrogens with zero attached hydrogens (tertiary/aromatic N) is 2. The first kappa shape index (κ1) is 18.2. The van der Waals surface area contributed by atoms with Crippen molar-refractivity contribution in [2.75, 3.05) is 25.0 Å². The van der Waals surface area contributed by atoms with E-state index in [-0.39, 0.29) is 23.0 Å². The number of aromatic nitrogens is 1. The third-order valence-corrected chi connectivity index (χ3v) is 4.68. The van der Waals surface area contributed by atoms with E-state index in [1.807, 2.05) is 18.9 Å². The number of hydrogen-bond acceptors (Lipinski definition) is 4. The zero-order valence-electron chi connectivity index (χ0n) is 13.9. The van der Waals surface area contributed by atoms with Gasteiger partial charge < -0.3 is 14.8 Å². The van der Waals surface area contributed by atoms with Crippen LogP contribution >= 0.6 is 11.3 Å². The molecule has 1 heterocycles. The summed E-state index contributed by atoms with van der Waals surface area (Å²) in [4.78, 5) is 25.2. The third kappa shape index (κ3) is 4.92. The van der Waals surface area contributed by atoms with Crippen LogP contribution in [0.25, 0.3) is 0 Å². The van der Waals surface area contributed by atoms with Gasteiger partial charge in [-0.2, -0.15) is 0 Å². The van der Waals surface area contributed by atoms with Crippen LogP contribution in [0, 0.1) is 12.7 Å². The van der Waals surface area contributed by atoms with Gasteiger partial charge in [-0.3, -0.25) is 9.59 Å². The monoisotopic (exact) mass is 351 g/mol. The van der Waals surface area contributed by atoms with Crippen molar-refractivity contribution >= 4 is 22.9 Å². The van der Waals surface area contributed by atoms with Gasteiger partial charge in [0.25, 0.3) is 0 Å². The topological polar surface area (TPSA) is 54.3 Å². The fourth-order valence-electron chi connectivity index (χ4n) is 2.40. The Kier molecular flexibility index (Phi) is 6.54. The number of carbonyl (C=O) groups excluding carboxylic acids is 1. The van der Waals surface area contributed by atoms with Crippen LogP contribution in [0.5, 0.6) is 0 Å². The van der Waals surface area contributed by atoms with Gasteiger partial charge in [-0.05, 0) is 25.5 Å². The van der Waals surface area contributed by atoms with Crippen LogP contribution in [0.1, 0.15) is 18.5 Å². The SMILES string of the molecule is Cc1csc(=O)n1CCC(=O)NCCCN(C)c1ccccc1F. The molecule has 1 aromatic heterocycles. The fraction of sp³-hybridized carbons (Fsp3) is 0.412. The van der Waals surface area contributed by atoms with Crippen LogP contribution in [0.2, 0.25) is 0 Å². The minimum Gasteiger partial charge on any atom is -0.372 e. The van der Waals surface area contributed by atoms with Crippen LogP contribution < -0.4 is 15.1 Å². The highest BCUT2D eigenvalue weighted by Gasteiger charge is 2.08. The van der Waals surface area contributed by atoms with Crippen molar-refractivity contribution in [3.63, 3.8) is 0 Å². The lowest BCUT2D eigenvalue weighted by molar-refractivity contribution is -0.121. The lowest BCUT2D eigenvalue weighted by Gasteiger charge is -2.19. The van der Waals surface area contributed by atoms with E-state index in [0.29, 0.717) is 31.7 Å². The Labute approximate surface area is 144 Å². The average molecular weight is 351 g/mol. The van der Waals surface area contributed by atoms with E-state index in [1.54, 1.807) is 28.1 Å². The highest BCUT2D eigenvalue weighted by atomic mass is 32.1. The highest BCUT2D eigenvalue weighted by Crippen LogP contribution is 2.16. The number of benzene rings is 1. The molecule has 0 unspecified atom stereocenters. The van der Waals surface area contributed by atoms with Crippen LogP contribution in [-0.2, 0) is 11.3 Å². The first-order chi connectivity index (χ1) is 11.5. The maximum absolute atomic E-state index is 13.6. The molecule has 0 atom stereocenters. The number of hydrogen-bond donors (Lipinski definition) is 1. The van der Waals surface area contributed by atoms with Crippen molar-refractivity contribution in [1.82, 2.24) is 9.88 Å². The Balaban J connectivity index is 1.68. The van der Waals surface area contributed by atoms with Gasteiger partial charge in [0.15, 0.2) is 0 Å². The predicted octanol–water partition coefficient (Wildman–Crippen LogP) is 2.39. The zero-order chi connectivity index (χ0) is 17.5. The Hall–Kier alpha value is -2.15. The molecule has 0 aliphatic heterocycles. The van der Waals surface area contributed by atoms with E-state index in [0.717, 1.165) is 17.0 Å². The number of thiazole rings is 1. The van der Waals surface area contributed by atoms with Crippen LogP contribution in [0.3, 0.4) is 0 Å². The molecule has 0 saturated carbocycles. The van der Waals surface area contributed by atoms with Crippen molar-refractivity contribution in [3.05, 3.63) is 50.8 Å². The van der Waals surface area contributed by atoms with Crippen molar-refractivity contribution in [2.24, 2.45) is 0 Å². The summed E-state index contributed by atoms with van der Waals surface area (Å²) in [7, 11) is 1.83. The van der Waals surface area contributed by atoms with Crippen molar-refractivity contribution in [1.29, 1.82) is 0 Å². The van der Waals surface area contributed by atoms with E-state index >= 15 is 0 Å². The van der Waals surface area contributed by atoms with Crippen LogP contribution in [-0.4, -0.2) is 30.6 Å². The summed E-state index contributed by atoms with van der Waals surface area (Å²) in [5, 5.41) is 4.62. The average Bonchev–Trinajstić information content (AvgIpc) is 2.88. The number of rotatable bonds is 8. The van der Waals surface area contributed by atoms with E-state index < -0.39 is 0 Å². The smallest absolute Gasteiger partial charge is 0.307 e. The van der Waals surface area contributed by atoms with Gasteiger partial charge in [0.05, 0.1) is 5.69 Å². The standard InChI is InChI=1S/C17H22FN3O2S/c1-13-12-24-17(23)21(13)11-8-16(22)19-9-5-10-20(2)15-7-4-3-6-14(15)18/h3-4,6-7,12H,5,8-11H2,1-2H3,(H,19,22). The summed E-state index contributed by atoms with van der Waals surface area (Å²) in [6.07, 6.45) is 0.995. The van der Waals surface area contributed by atoms with Crippen LogP contribution in [0.15, 0.2) is 34.4 Å². The van der Waals surface area contributed by atoms with E-state index in [2.05, 4.69) is 5.32 Å². The van der Waals surface area contributed by atoms with Gasteiger partial charge in [-0.1, -0.05) is 23.5 Å². The summed E-state index contributed by atoms with van der Waals surface area (Å²) >= 11 is 1.15. The molecule has 5 nitrogen and oxygen atoms in total. The number of halogens is 1. The molecule has 7 heteroatoms. The Morgan fingerprint density at radius 2 is 2.12 bits per heavy atom. The second-order valence-electron chi connectivity index (χ2n) is 5.62. The van der Waals surface area contributed by atoms with Gasteiger partial charge in [0, 0.05) is 44.2 Å². The minimum atomic E-state index is -0.249. The molecular formula is C17H22FN3O2S. The molecule has 0 bridgehead atoms. The van der Waals surface area contributed by atoms with E-state index in [1.165, 1.54) is 6.07 Å². The normalized spacial score (nSPS) is 10.6. The van der Waals surface area contributed by atoms with Gasteiger partial charge in [0.2, 0.25) is 5.91 Å². The molecule has 130 valence electrons. The van der Waals surface area contributed by atoms with Gasteiger partial charge in [-0.15, -0.1) is 0 Å². The number of aryl methyl sites for hydroxylation is 1. The first-order valence-electron chi connectivity index (χ1n) is 7.86. The third-order valence-electron chi connectivity index (χ3n) is 3.80. The minimum absolute atomic E-state index is 0.0354. The first-order valence-corrected chi connectivity index (χ1v) is 8.74. The van der Waals surface area contributed by atoms with Crippen LogP contribution in [0.4, 0.5) is 10.1 Å². The molecule has 24 heavy (non-hydrogen) atoms. The molecule has 1 amide bonds. The molecule has 2 aromatic rings. The molecule has 0 fully saturated rings. The molecule has 0 radical (unpaired) electrons. The van der Waals surface area contributed by atoms with E-state index in [9.17, 15) is 14.0 Å². The molecule has 1 aromatic carbocycles. The van der Waals surface area contributed by atoms with Crippen molar-refractivity contribution in [3.8, 4) is 0 Å². The lowest BCUT2D eigenvalue weighted by Crippen LogP contribution is -2.29. The summed E-state index contributed by atoms with van der Waals surface area (Å²) in [5.41, 5.74) is 1.43. The summed E-state index contributed by atoms with van der Waals surface area (Å²) in [6.45, 7) is 3.42. The molecule has 2 rings (SSSR count). The van der Waals surface area contributed by atoms with Gasteiger partial charge in [-0.25, -0.2) is 4.39 Å². The molecule has 0 spiro atoms. The zero-order valence-corrected chi connectivity index (χ0v) is 14.7. The second-order valence-corrected chi connectivity index (χ2v) is 6.44. The van der Waals surface area contributed by atoms with Gasteiger partial charge >= 0.3 is 4.87 Å². The largest absolute Gasteiger partial charge is 0.372 e. The Morgan fingerprint density at radius 1 is 1.38 bits per heavy atom. The number of para-hydroxylation sites is 1. The quantitative estimate of drug-likeness (QED) is 0.743. The van der Waals surface area contributed by atoms with Crippen molar-refractivity contribution < 1.29 is 9.18 Å². The highest BCUT2D eigenvalue weighted by molar-refractivity contribution is 7.07. The predicted molar refractivity (Wildman–Crippen MR) is 95.2 cm³/mol. The molecule has 0 saturated heterocycles. The summed E-state index contributed by atoms with van der Waals surface area (Å²) in [6, 6.07) is 6.62. The maximum Gasteiger partial charge on any atom is 0.307 e. The summed E-state index contributed by atoms with van der Waals surface area (Å²) < 4.78 is 15.2. The number of amides is 1. The Morgan fingerprint density at radius 3 is 2.79 bits per heavy atom. The number of anilines is 1. The Bertz CT molecular complexity index is 741. The number of carbonyl (C=O) groups is 1. The lowest BCUT2D eigenvalue weighted by atomic mass is 10.2. The fourth-order valence-corrected chi connectivity index (χ4v) is 3.16. The number of nitrogens with one attached hydrogen (secondary N) is 1. The van der Waals surface area contributed by atoms with Crippen molar-refractivity contribution in [2.45, 2.75) is 26.3 Å².